The van der Waals surface area contributed by atoms with Crippen molar-refractivity contribution in [2.75, 3.05) is 18.8 Å². The number of aryl methyl sites for hydroxylation is 1. The van der Waals surface area contributed by atoms with Crippen LogP contribution in [0.3, 0.4) is 0 Å². The minimum atomic E-state index is 0.150. The first-order chi connectivity index (χ1) is 12.7. The summed E-state index contributed by atoms with van der Waals surface area (Å²) in [5, 5.41) is 3.22. The van der Waals surface area contributed by atoms with Crippen LogP contribution in [0.2, 0.25) is 0 Å². The molecule has 0 unspecified atom stereocenters. The second-order valence-corrected chi connectivity index (χ2v) is 7.91. The first kappa shape index (κ1) is 18.9. The lowest BCUT2D eigenvalue weighted by molar-refractivity contribution is -0.119. The quantitative estimate of drug-likeness (QED) is 0.812. The van der Waals surface area contributed by atoms with Crippen LogP contribution in [0.25, 0.3) is 0 Å². The van der Waals surface area contributed by atoms with Crippen molar-refractivity contribution in [3.05, 3.63) is 65.5 Å². The van der Waals surface area contributed by atoms with Crippen LogP contribution >= 0.6 is 11.8 Å². The van der Waals surface area contributed by atoms with E-state index >= 15 is 0 Å². The van der Waals surface area contributed by atoms with E-state index in [4.69, 9.17) is 0 Å². The van der Waals surface area contributed by atoms with E-state index in [0.29, 0.717) is 5.75 Å². The Morgan fingerprint density at radius 3 is 3.00 bits per heavy atom. The van der Waals surface area contributed by atoms with Crippen molar-refractivity contribution in [3.63, 3.8) is 0 Å². The van der Waals surface area contributed by atoms with E-state index < -0.39 is 0 Å². The van der Waals surface area contributed by atoms with E-state index in [-0.39, 0.29) is 11.9 Å². The summed E-state index contributed by atoms with van der Waals surface area (Å²) in [5.41, 5.74) is 3.83. The number of carbonyl (C=O) groups excluding carboxylic acids is 1. The summed E-state index contributed by atoms with van der Waals surface area (Å²) in [6.07, 6.45) is 5.92. The molecule has 4 nitrogen and oxygen atoms in total. The van der Waals surface area contributed by atoms with Crippen LogP contribution < -0.4 is 5.32 Å². The van der Waals surface area contributed by atoms with Gasteiger partial charge < -0.3 is 5.32 Å². The third kappa shape index (κ3) is 5.85. The van der Waals surface area contributed by atoms with Crippen molar-refractivity contribution in [1.82, 2.24) is 15.2 Å². The van der Waals surface area contributed by atoms with Crippen LogP contribution in [-0.4, -0.2) is 40.7 Å². The number of rotatable bonds is 7. The fourth-order valence-corrected chi connectivity index (χ4v) is 4.28. The molecule has 3 rings (SSSR count). The highest BCUT2D eigenvalue weighted by molar-refractivity contribution is 7.99. The molecule has 0 spiro atoms. The van der Waals surface area contributed by atoms with Crippen molar-refractivity contribution < 1.29 is 4.79 Å². The Hall–Kier alpha value is -1.85. The molecule has 0 bridgehead atoms. The zero-order valence-corrected chi connectivity index (χ0v) is 16.2. The smallest absolute Gasteiger partial charge is 0.230 e. The number of amides is 1. The van der Waals surface area contributed by atoms with Gasteiger partial charge in [-0.1, -0.05) is 30.3 Å². The van der Waals surface area contributed by atoms with Gasteiger partial charge in [0.05, 0.1) is 5.75 Å². The van der Waals surface area contributed by atoms with Gasteiger partial charge in [-0.3, -0.25) is 14.7 Å². The van der Waals surface area contributed by atoms with Crippen molar-refractivity contribution in [2.24, 2.45) is 0 Å². The molecule has 1 fully saturated rings. The maximum atomic E-state index is 12.3. The van der Waals surface area contributed by atoms with Gasteiger partial charge in [0.15, 0.2) is 0 Å². The second kappa shape index (κ2) is 9.74. The molecular formula is C21H27N3OS. The number of aromatic nitrogens is 1. The van der Waals surface area contributed by atoms with Gasteiger partial charge in [-0.15, -0.1) is 11.8 Å². The minimum Gasteiger partial charge on any atom is -0.351 e. The fraction of sp³-hybridized carbons (Fsp3) is 0.429. The van der Waals surface area contributed by atoms with E-state index in [1.165, 1.54) is 16.7 Å². The maximum absolute atomic E-state index is 12.3. The van der Waals surface area contributed by atoms with Crippen LogP contribution in [0, 0.1) is 6.92 Å². The average Bonchev–Trinajstić information content (AvgIpc) is 2.64. The van der Waals surface area contributed by atoms with Crippen LogP contribution in [0.4, 0.5) is 0 Å². The lowest BCUT2D eigenvalue weighted by atomic mass is 10.1. The Labute approximate surface area is 160 Å². The molecule has 1 aliphatic heterocycles. The molecule has 1 aliphatic rings. The number of piperidine rings is 1. The third-order valence-corrected chi connectivity index (χ3v) is 5.73. The average molecular weight is 370 g/mol. The molecule has 0 aliphatic carbocycles. The van der Waals surface area contributed by atoms with Gasteiger partial charge in [0.1, 0.15) is 0 Å². The number of benzene rings is 1. The number of likely N-dealkylation sites (tertiary alicyclic amines) is 1. The zero-order valence-electron chi connectivity index (χ0n) is 15.4. The summed E-state index contributed by atoms with van der Waals surface area (Å²) in [6, 6.07) is 12.7. The van der Waals surface area contributed by atoms with E-state index in [2.05, 4.69) is 52.5 Å². The van der Waals surface area contributed by atoms with Crippen molar-refractivity contribution >= 4 is 17.7 Å². The number of nitrogens with zero attached hydrogens (tertiary/aromatic N) is 2. The summed E-state index contributed by atoms with van der Waals surface area (Å²) in [7, 11) is 0. The van der Waals surface area contributed by atoms with E-state index in [1.807, 2.05) is 12.3 Å². The molecule has 0 radical (unpaired) electrons. The Balaban J connectivity index is 1.40. The van der Waals surface area contributed by atoms with Gasteiger partial charge in [-0.2, -0.15) is 0 Å². The highest BCUT2D eigenvalue weighted by Gasteiger charge is 2.21. The molecule has 2 aromatic rings. The molecule has 1 aromatic heterocycles. The molecule has 1 atom stereocenters. The molecule has 1 saturated heterocycles. The molecule has 1 amide bonds. The fourth-order valence-electron chi connectivity index (χ4n) is 3.36. The number of hydrogen-bond acceptors (Lipinski definition) is 4. The van der Waals surface area contributed by atoms with Gasteiger partial charge >= 0.3 is 0 Å². The Kier molecular flexibility index (Phi) is 7.09. The molecule has 2 heterocycles. The molecule has 1 N–H and O–H groups in total. The van der Waals surface area contributed by atoms with Gasteiger partial charge in [0, 0.05) is 37.3 Å². The lowest BCUT2D eigenvalue weighted by Gasteiger charge is -2.33. The van der Waals surface area contributed by atoms with Crippen LogP contribution in [0.1, 0.15) is 29.5 Å². The number of pyridine rings is 1. The van der Waals surface area contributed by atoms with Gasteiger partial charge in [0.2, 0.25) is 5.91 Å². The largest absolute Gasteiger partial charge is 0.351 e. The SMILES string of the molecule is Cc1ccccc1CSCC(=O)N[C@@H]1CCCN(Cc2cccnc2)C1. The Bertz CT molecular complexity index is 707. The van der Waals surface area contributed by atoms with Crippen LogP contribution in [0.5, 0.6) is 0 Å². The second-order valence-electron chi connectivity index (χ2n) is 6.92. The molecule has 26 heavy (non-hydrogen) atoms. The van der Waals surface area contributed by atoms with E-state index in [0.717, 1.165) is 38.2 Å². The van der Waals surface area contributed by atoms with Crippen molar-refractivity contribution in [3.8, 4) is 0 Å². The topological polar surface area (TPSA) is 45.2 Å². The number of carbonyl (C=O) groups is 1. The van der Waals surface area contributed by atoms with Crippen molar-refractivity contribution in [1.29, 1.82) is 0 Å². The predicted octanol–water partition coefficient (Wildman–Crippen LogP) is 3.40. The van der Waals surface area contributed by atoms with Gasteiger partial charge in [-0.05, 0) is 49.1 Å². The maximum Gasteiger partial charge on any atom is 0.230 e. The minimum absolute atomic E-state index is 0.150. The number of nitrogens with one attached hydrogen (secondary N) is 1. The highest BCUT2D eigenvalue weighted by Crippen LogP contribution is 2.17. The summed E-state index contributed by atoms with van der Waals surface area (Å²) in [6.45, 7) is 5.03. The number of hydrogen-bond donors (Lipinski definition) is 1. The van der Waals surface area contributed by atoms with E-state index in [9.17, 15) is 4.79 Å². The van der Waals surface area contributed by atoms with Crippen LogP contribution in [-0.2, 0) is 17.1 Å². The third-order valence-electron chi connectivity index (χ3n) is 4.75. The van der Waals surface area contributed by atoms with Gasteiger partial charge in [0.25, 0.3) is 0 Å². The Morgan fingerprint density at radius 2 is 2.19 bits per heavy atom. The zero-order chi connectivity index (χ0) is 18.2. The molecule has 5 heteroatoms. The first-order valence-corrected chi connectivity index (χ1v) is 10.4. The summed E-state index contributed by atoms with van der Waals surface area (Å²) >= 11 is 1.69. The summed E-state index contributed by atoms with van der Waals surface area (Å²) in [5.74, 6) is 1.56. The van der Waals surface area contributed by atoms with Crippen LogP contribution in [0.15, 0.2) is 48.8 Å². The number of thioether (sulfide) groups is 1. The molecule has 1 aromatic carbocycles. The summed E-state index contributed by atoms with van der Waals surface area (Å²) < 4.78 is 0. The van der Waals surface area contributed by atoms with E-state index in [1.54, 1.807) is 18.0 Å². The van der Waals surface area contributed by atoms with Gasteiger partial charge in [-0.25, -0.2) is 0 Å². The molecule has 138 valence electrons. The highest BCUT2D eigenvalue weighted by atomic mass is 32.2. The predicted molar refractivity (Wildman–Crippen MR) is 108 cm³/mol. The lowest BCUT2D eigenvalue weighted by Crippen LogP contribution is -2.47. The monoisotopic (exact) mass is 369 g/mol. The molecule has 0 saturated carbocycles. The standard InChI is InChI=1S/C21H27N3OS/c1-17-6-2-3-8-19(17)15-26-16-21(25)23-20-9-5-11-24(14-20)13-18-7-4-10-22-12-18/h2-4,6-8,10,12,20H,5,9,11,13-16H2,1H3,(H,23,25)/t20-/m1/s1. The molecular weight excluding hydrogens is 342 g/mol. The normalized spacial score (nSPS) is 17.8. The Morgan fingerprint density at radius 1 is 1.31 bits per heavy atom. The summed E-state index contributed by atoms with van der Waals surface area (Å²) in [4.78, 5) is 18.9. The first-order valence-electron chi connectivity index (χ1n) is 9.23. The van der Waals surface area contributed by atoms with Crippen molar-refractivity contribution in [2.45, 2.75) is 38.1 Å².